The van der Waals surface area contributed by atoms with Crippen molar-refractivity contribution in [1.82, 2.24) is 0 Å². The lowest BCUT2D eigenvalue weighted by molar-refractivity contribution is 0.127. The molecule has 1 atom stereocenters. The highest BCUT2D eigenvalue weighted by Gasteiger charge is 2.29. The zero-order valence-corrected chi connectivity index (χ0v) is 10.5. The van der Waals surface area contributed by atoms with E-state index in [2.05, 4.69) is 26.8 Å². The molecule has 1 aliphatic rings. The number of ether oxygens (including phenoxy) is 2. The number of fused-ring (bicyclic) bond motifs is 1. The van der Waals surface area contributed by atoms with Crippen LogP contribution in [0.25, 0.3) is 0 Å². The second-order valence-electron chi connectivity index (χ2n) is 5.55. The highest BCUT2D eigenvalue weighted by atomic mass is 16.5. The highest BCUT2D eigenvalue weighted by Crippen LogP contribution is 2.37. The molecule has 2 rings (SSSR count). The molecule has 1 aromatic carbocycles. The normalized spacial score (nSPS) is 19.9. The third-order valence-corrected chi connectivity index (χ3v) is 3.40. The lowest BCUT2D eigenvalue weighted by Gasteiger charge is -2.34. The molecule has 2 nitrogen and oxygen atoms in total. The van der Waals surface area contributed by atoms with E-state index in [1.807, 2.05) is 12.1 Å². The van der Waals surface area contributed by atoms with Crippen LogP contribution in [0.2, 0.25) is 0 Å². The van der Waals surface area contributed by atoms with E-state index in [1.165, 1.54) is 5.56 Å². The Morgan fingerprint density at radius 3 is 2.69 bits per heavy atom. The van der Waals surface area contributed by atoms with Gasteiger partial charge in [0.05, 0.1) is 13.7 Å². The van der Waals surface area contributed by atoms with Gasteiger partial charge in [-0.1, -0.05) is 20.8 Å². The van der Waals surface area contributed by atoms with Crippen molar-refractivity contribution in [1.29, 1.82) is 0 Å². The van der Waals surface area contributed by atoms with Crippen molar-refractivity contribution >= 4 is 0 Å². The summed E-state index contributed by atoms with van der Waals surface area (Å²) < 4.78 is 11.1. The second-order valence-corrected chi connectivity index (χ2v) is 5.55. The molecule has 0 bridgehead atoms. The molecule has 0 aromatic heterocycles. The van der Waals surface area contributed by atoms with Gasteiger partial charge in [0.25, 0.3) is 0 Å². The maximum absolute atomic E-state index is 5.81. The summed E-state index contributed by atoms with van der Waals surface area (Å²) in [7, 11) is 1.70. The first kappa shape index (κ1) is 11.3. The zero-order chi connectivity index (χ0) is 11.8. The third-order valence-electron chi connectivity index (χ3n) is 3.40. The molecule has 0 aliphatic carbocycles. The molecule has 2 heteroatoms. The van der Waals surface area contributed by atoms with Crippen molar-refractivity contribution in [2.75, 3.05) is 13.7 Å². The molecule has 1 unspecified atom stereocenters. The van der Waals surface area contributed by atoms with Crippen LogP contribution in [0.3, 0.4) is 0 Å². The van der Waals surface area contributed by atoms with Gasteiger partial charge in [0, 0.05) is 5.92 Å². The summed E-state index contributed by atoms with van der Waals surface area (Å²) in [6, 6.07) is 6.05. The number of methoxy groups -OCH3 is 1. The Labute approximate surface area is 97.6 Å². The van der Waals surface area contributed by atoms with Crippen LogP contribution < -0.4 is 9.47 Å². The Kier molecular flexibility index (Phi) is 2.83. The fourth-order valence-electron chi connectivity index (χ4n) is 2.05. The molecular weight excluding hydrogens is 200 g/mol. The fraction of sp³-hybridized carbons (Fsp3) is 0.571. The number of hydrogen-bond donors (Lipinski definition) is 0. The van der Waals surface area contributed by atoms with Gasteiger partial charge in [-0.25, -0.2) is 0 Å². The molecule has 1 aliphatic heterocycles. The molecule has 0 saturated heterocycles. The van der Waals surface area contributed by atoms with E-state index in [9.17, 15) is 0 Å². The molecule has 16 heavy (non-hydrogen) atoms. The minimum absolute atomic E-state index is 0.292. The molecule has 88 valence electrons. The number of rotatable bonds is 1. The van der Waals surface area contributed by atoms with Crippen LogP contribution in [-0.4, -0.2) is 13.7 Å². The predicted octanol–water partition coefficient (Wildman–Crippen LogP) is 3.29. The molecule has 0 radical (unpaired) electrons. The average Bonchev–Trinajstić information content (AvgIpc) is 2.26. The van der Waals surface area contributed by atoms with Crippen LogP contribution in [0.5, 0.6) is 11.5 Å². The van der Waals surface area contributed by atoms with Crippen molar-refractivity contribution in [3.05, 3.63) is 23.8 Å². The summed E-state index contributed by atoms with van der Waals surface area (Å²) in [6.45, 7) is 7.63. The lowest BCUT2D eigenvalue weighted by Crippen LogP contribution is -2.31. The van der Waals surface area contributed by atoms with Crippen molar-refractivity contribution in [3.63, 3.8) is 0 Å². The first-order valence-corrected chi connectivity index (χ1v) is 5.80. The van der Waals surface area contributed by atoms with Crippen LogP contribution in [0, 0.1) is 11.3 Å². The van der Waals surface area contributed by atoms with Crippen LogP contribution >= 0.6 is 0 Å². The van der Waals surface area contributed by atoms with E-state index in [0.717, 1.165) is 24.5 Å². The second kappa shape index (κ2) is 4.00. The summed E-state index contributed by atoms with van der Waals surface area (Å²) >= 11 is 0. The molecule has 0 N–H and O–H groups in total. The van der Waals surface area contributed by atoms with E-state index in [-0.39, 0.29) is 0 Å². The van der Waals surface area contributed by atoms with Gasteiger partial charge < -0.3 is 9.47 Å². The van der Waals surface area contributed by atoms with Crippen LogP contribution in [0.15, 0.2) is 18.2 Å². The molecule has 0 fully saturated rings. The van der Waals surface area contributed by atoms with Crippen molar-refractivity contribution in [3.8, 4) is 11.5 Å². The average molecular weight is 220 g/mol. The number of benzene rings is 1. The SMILES string of the molecule is COc1ccc2c(c1)CC(C(C)(C)C)CO2. The first-order chi connectivity index (χ1) is 7.50. The summed E-state index contributed by atoms with van der Waals surface area (Å²) in [5.74, 6) is 2.50. The van der Waals surface area contributed by atoms with Crippen LogP contribution in [0.1, 0.15) is 26.3 Å². The summed E-state index contributed by atoms with van der Waals surface area (Å²) in [5.41, 5.74) is 1.56. The monoisotopic (exact) mass is 220 g/mol. The largest absolute Gasteiger partial charge is 0.497 e. The quantitative estimate of drug-likeness (QED) is 0.723. The van der Waals surface area contributed by atoms with E-state index in [1.54, 1.807) is 7.11 Å². The van der Waals surface area contributed by atoms with Crippen LogP contribution in [0.4, 0.5) is 0 Å². The number of hydrogen-bond acceptors (Lipinski definition) is 2. The smallest absolute Gasteiger partial charge is 0.122 e. The van der Waals surface area contributed by atoms with Gasteiger partial charge >= 0.3 is 0 Å². The minimum Gasteiger partial charge on any atom is -0.497 e. The summed E-state index contributed by atoms with van der Waals surface area (Å²) in [4.78, 5) is 0. The van der Waals surface area contributed by atoms with E-state index in [4.69, 9.17) is 9.47 Å². The van der Waals surface area contributed by atoms with Gasteiger partial charge in [-0.15, -0.1) is 0 Å². The van der Waals surface area contributed by atoms with Crippen molar-refractivity contribution in [2.24, 2.45) is 11.3 Å². The predicted molar refractivity (Wildman–Crippen MR) is 65.1 cm³/mol. The van der Waals surface area contributed by atoms with Gasteiger partial charge in [0.2, 0.25) is 0 Å². The maximum atomic E-state index is 5.81. The fourth-order valence-corrected chi connectivity index (χ4v) is 2.05. The van der Waals surface area contributed by atoms with Gasteiger partial charge in [-0.2, -0.15) is 0 Å². The van der Waals surface area contributed by atoms with Gasteiger partial charge in [-0.05, 0) is 35.6 Å². The standard InChI is InChI=1S/C14H20O2/c1-14(2,3)11-7-10-8-12(15-4)5-6-13(10)16-9-11/h5-6,8,11H,7,9H2,1-4H3. The van der Waals surface area contributed by atoms with Crippen LogP contribution in [-0.2, 0) is 6.42 Å². The first-order valence-electron chi connectivity index (χ1n) is 5.80. The van der Waals surface area contributed by atoms with Crippen molar-refractivity contribution < 1.29 is 9.47 Å². The lowest BCUT2D eigenvalue weighted by atomic mass is 9.76. The van der Waals surface area contributed by atoms with Gasteiger partial charge in [-0.3, -0.25) is 0 Å². The molecule has 0 amide bonds. The summed E-state index contributed by atoms with van der Waals surface area (Å²) in [6.07, 6.45) is 1.08. The Bertz CT molecular complexity index is 377. The van der Waals surface area contributed by atoms with Gasteiger partial charge in [0.15, 0.2) is 0 Å². The van der Waals surface area contributed by atoms with Crippen molar-refractivity contribution in [2.45, 2.75) is 27.2 Å². The Balaban J connectivity index is 2.25. The van der Waals surface area contributed by atoms with Gasteiger partial charge in [0.1, 0.15) is 11.5 Å². The molecule has 0 saturated carbocycles. The minimum atomic E-state index is 0.292. The Morgan fingerprint density at radius 2 is 2.06 bits per heavy atom. The maximum Gasteiger partial charge on any atom is 0.122 e. The topological polar surface area (TPSA) is 18.5 Å². The molecular formula is C14H20O2. The zero-order valence-electron chi connectivity index (χ0n) is 10.5. The summed E-state index contributed by atoms with van der Waals surface area (Å²) in [5, 5.41) is 0. The van der Waals surface area contributed by atoms with E-state index in [0.29, 0.717) is 11.3 Å². The molecule has 1 aromatic rings. The Hall–Kier alpha value is -1.18. The Morgan fingerprint density at radius 1 is 1.31 bits per heavy atom. The third kappa shape index (κ3) is 2.16. The van der Waals surface area contributed by atoms with E-state index >= 15 is 0 Å². The van der Waals surface area contributed by atoms with E-state index < -0.39 is 0 Å². The molecule has 0 spiro atoms. The molecule has 1 heterocycles. The highest BCUT2D eigenvalue weighted by molar-refractivity contribution is 5.41.